The van der Waals surface area contributed by atoms with E-state index in [1.165, 1.54) is 25.3 Å². The minimum absolute atomic E-state index is 0.366. The number of nitrogens with one attached hydrogen (secondary N) is 2. The molecule has 2 aliphatic rings. The molecule has 2 fully saturated rings. The third-order valence-electron chi connectivity index (χ3n) is 7.92. The summed E-state index contributed by atoms with van der Waals surface area (Å²) in [5.74, 6) is 0.938. The summed E-state index contributed by atoms with van der Waals surface area (Å²) in [7, 11) is 2.79. The molecule has 0 saturated carbocycles. The Kier molecular flexibility index (Phi) is 11.4. The van der Waals surface area contributed by atoms with E-state index in [1.807, 2.05) is 12.1 Å². The van der Waals surface area contributed by atoms with Crippen molar-refractivity contribution in [2.24, 2.45) is 11.8 Å². The molecule has 2 heterocycles. The fourth-order valence-electron chi connectivity index (χ4n) is 5.65. The second-order valence-corrected chi connectivity index (χ2v) is 11.8. The van der Waals surface area contributed by atoms with Crippen LogP contribution in [0.4, 0.5) is 9.59 Å². The van der Waals surface area contributed by atoms with Gasteiger partial charge in [-0.15, -0.1) is 0 Å². The topological polar surface area (TPSA) is 83.1 Å². The van der Waals surface area contributed by atoms with Crippen molar-refractivity contribution >= 4 is 35.4 Å². The van der Waals surface area contributed by atoms with E-state index >= 15 is 0 Å². The Morgan fingerprint density at radius 3 is 1.50 bits per heavy atom. The number of carbonyl (C=O) groups excluding carboxylic acids is 2. The Balaban J connectivity index is 1.42. The molecule has 218 valence electrons. The van der Waals surface area contributed by atoms with Crippen molar-refractivity contribution in [1.82, 2.24) is 20.4 Å². The van der Waals surface area contributed by atoms with Crippen LogP contribution in [0.15, 0.2) is 36.4 Å². The highest BCUT2D eigenvalue weighted by Gasteiger charge is 2.22. The summed E-state index contributed by atoms with van der Waals surface area (Å²) in [5, 5.41) is 6.92. The largest absolute Gasteiger partial charge is 0.453 e. The SMILES string of the molecule is COC(=O)NCC1CCN(Cc2cc(CN3CCC(CNC(=O)OC)CC3)cc(-c3cc(Cl)cc(Cl)c3)c2)CC1. The summed E-state index contributed by atoms with van der Waals surface area (Å²) in [5.41, 5.74) is 4.67. The normalized spacial score (nSPS) is 17.4. The summed E-state index contributed by atoms with van der Waals surface area (Å²) in [6, 6.07) is 12.5. The molecular weight excluding hydrogens is 551 g/mol. The van der Waals surface area contributed by atoms with Gasteiger partial charge in [0.2, 0.25) is 0 Å². The minimum atomic E-state index is -0.366. The Hall–Kier alpha value is -2.52. The Labute approximate surface area is 247 Å². The van der Waals surface area contributed by atoms with Gasteiger partial charge in [0, 0.05) is 36.2 Å². The maximum Gasteiger partial charge on any atom is 0.406 e. The van der Waals surface area contributed by atoms with E-state index in [2.05, 4.69) is 38.6 Å². The fourth-order valence-corrected chi connectivity index (χ4v) is 6.17. The maximum atomic E-state index is 11.4. The summed E-state index contributed by atoms with van der Waals surface area (Å²) in [6.45, 7) is 7.01. The number of nitrogens with zero attached hydrogens (tertiary/aromatic N) is 2. The van der Waals surface area contributed by atoms with Crippen LogP contribution >= 0.6 is 23.2 Å². The second kappa shape index (κ2) is 14.9. The van der Waals surface area contributed by atoms with E-state index in [0.717, 1.165) is 76.1 Å². The zero-order chi connectivity index (χ0) is 28.5. The molecule has 4 rings (SSSR count). The van der Waals surface area contributed by atoms with Crippen LogP contribution in [-0.2, 0) is 22.6 Å². The molecule has 0 spiro atoms. The lowest BCUT2D eigenvalue weighted by atomic mass is 9.94. The first-order valence-corrected chi connectivity index (χ1v) is 14.7. The zero-order valence-corrected chi connectivity index (χ0v) is 24.9. The summed E-state index contributed by atoms with van der Waals surface area (Å²) < 4.78 is 9.40. The molecule has 0 radical (unpaired) electrons. The van der Waals surface area contributed by atoms with E-state index in [0.29, 0.717) is 35.0 Å². The van der Waals surface area contributed by atoms with Crippen molar-refractivity contribution in [2.45, 2.75) is 38.8 Å². The van der Waals surface area contributed by atoms with Crippen LogP contribution in [0.3, 0.4) is 0 Å². The number of alkyl carbamates (subject to hydrolysis) is 2. The predicted octanol–water partition coefficient (Wildman–Crippen LogP) is 5.80. The van der Waals surface area contributed by atoms with Crippen LogP contribution in [0.25, 0.3) is 11.1 Å². The molecule has 8 nitrogen and oxygen atoms in total. The molecule has 2 N–H and O–H groups in total. The van der Waals surface area contributed by atoms with Gasteiger partial charge in [0.25, 0.3) is 0 Å². The van der Waals surface area contributed by atoms with Crippen molar-refractivity contribution in [3.05, 3.63) is 57.6 Å². The lowest BCUT2D eigenvalue weighted by molar-refractivity contribution is 0.155. The van der Waals surface area contributed by atoms with Gasteiger partial charge in [0.15, 0.2) is 0 Å². The molecule has 10 heteroatoms. The molecule has 2 aliphatic heterocycles. The second-order valence-electron chi connectivity index (χ2n) is 10.9. The van der Waals surface area contributed by atoms with Gasteiger partial charge < -0.3 is 20.1 Å². The van der Waals surface area contributed by atoms with Gasteiger partial charge in [0.05, 0.1) is 14.2 Å². The van der Waals surface area contributed by atoms with Gasteiger partial charge >= 0.3 is 12.2 Å². The molecule has 0 bridgehead atoms. The van der Waals surface area contributed by atoms with Crippen molar-refractivity contribution in [2.75, 3.05) is 53.5 Å². The zero-order valence-electron chi connectivity index (χ0n) is 23.4. The highest BCUT2D eigenvalue weighted by molar-refractivity contribution is 6.35. The first-order chi connectivity index (χ1) is 19.3. The van der Waals surface area contributed by atoms with Crippen molar-refractivity contribution < 1.29 is 19.1 Å². The smallest absolute Gasteiger partial charge is 0.406 e. The van der Waals surface area contributed by atoms with E-state index in [1.54, 1.807) is 6.07 Å². The number of halogens is 2. The van der Waals surface area contributed by atoms with Gasteiger partial charge in [-0.25, -0.2) is 9.59 Å². The highest BCUT2D eigenvalue weighted by Crippen LogP contribution is 2.30. The van der Waals surface area contributed by atoms with E-state index in [9.17, 15) is 9.59 Å². The first-order valence-electron chi connectivity index (χ1n) is 14.0. The molecule has 2 amide bonds. The van der Waals surface area contributed by atoms with Crippen LogP contribution < -0.4 is 10.6 Å². The summed E-state index contributed by atoms with van der Waals surface area (Å²) in [4.78, 5) is 27.8. The summed E-state index contributed by atoms with van der Waals surface area (Å²) in [6.07, 6.45) is 3.44. The molecule has 2 aromatic carbocycles. The van der Waals surface area contributed by atoms with Gasteiger partial charge in [-0.3, -0.25) is 9.80 Å². The third-order valence-corrected chi connectivity index (χ3v) is 8.35. The Morgan fingerprint density at radius 1 is 0.700 bits per heavy atom. The highest BCUT2D eigenvalue weighted by atomic mass is 35.5. The van der Waals surface area contributed by atoms with Gasteiger partial charge in [0.1, 0.15) is 0 Å². The maximum absolute atomic E-state index is 11.4. The molecule has 0 unspecified atom stereocenters. The monoisotopic (exact) mass is 590 g/mol. The molecule has 0 atom stereocenters. The summed E-state index contributed by atoms with van der Waals surface area (Å²) >= 11 is 12.7. The quantitative estimate of drug-likeness (QED) is 0.384. The lowest BCUT2D eigenvalue weighted by Gasteiger charge is -2.33. The number of methoxy groups -OCH3 is 2. The molecule has 2 aromatic rings. The van der Waals surface area contributed by atoms with Crippen LogP contribution in [0.1, 0.15) is 36.8 Å². The van der Waals surface area contributed by atoms with Crippen molar-refractivity contribution in [1.29, 1.82) is 0 Å². The average Bonchev–Trinajstić information content (AvgIpc) is 2.95. The van der Waals surface area contributed by atoms with Crippen LogP contribution in [-0.4, -0.2) is 75.5 Å². The number of rotatable bonds is 9. The number of benzene rings is 2. The van der Waals surface area contributed by atoms with Crippen LogP contribution in [0.2, 0.25) is 10.0 Å². The molecule has 0 aromatic heterocycles. The third kappa shape index (κ3) is 9.26. The Morgan fingerprint density at radius 2 is 1.10 bits per heavy atom. The van der Waals surface area contributed by atoms with Gasteiger partial charge in [-0.2, -0.15) is 0 Å². The van der Waals surface area contributed by atoms with E-state index < -0.39 is 0 Å². The number of carbonyl (C=O) groups is 2. The number of ether oxygens (including phenoxy) is 2. The van der Waals surface area contributed by atoms with Crippen LogP contribution in [0, 0.1) is 11.8 Å². The van der Waals surface area contributed by atoms with Crippen molar-refractivity contribution in [3.8, 4) is 11.1 Å². The molecule has 0 aliphatic carbocycles. The lowest BCUT2D eigenvalue weighted by Crippen LogP contribution is -2.38. The van der Waals surface area contributed by atoms with Gasteiger partial charge in [-0.05, 0) is 116 Å². The standard InChI is InChI=1S/C30H40Cl2N4O4/c1-39-29(37)33-17-21-3-7-35(8-4-21)19-23-11-24(13-25(12-23)26-14-27(31)16-28(32)15-26)20-36-9-5-22(6-10-36)18-34-30(38)40-2/h11-16,21-22H,3-10,17-20H2,1-2H3,(H,33,37)(H,34,38). The minimum Gasteiger partial charge on any atom is -0.453 e. The van der Waals surface area contributed by atoms with Gasteiger partial charge in [-0.1, -0.05) is 29.3 Å². The number of piperidine rings is 2. The number of hydrogen-bond donors (Lipinski definition) is 2. The average molecular weight is 592 g/mol. The molecule has 2 saturated heterocycles. The number of amides is 2. The number of likely N-dealkylation sites (tertiary alicyclic amines) is 2. The molecule has 40 heavy (non-hydrogen) atoms. The van der Waals surface area contributed by atoms with Crippen LogP contribution in [0.5, 0.6) is 0 Å². The van der Waals surface area contributed by atoms with Crippen molar-refractivity contribution in [3.63, 3.8) is 0 Å². The first kappa shape index (κ1) is 30.4. The van der Waals surface area contributed by atoms with E-state index in [-0.39, 0.29) is 12.2 Å². The fraction of sp³-hybridized carbons (Fsp3) is 0.533. The molecular formula is C30H40Cl2N4O4. The predicted molar refractivity (Wildman–Crippen MR) is 159 cm³/mol. The Bertz CT molecular complexity index is 1070. The van der Waals surface area contributed by atoms with E-state index in [4.69, 9.17) is 32.7 Å². The number of hydrogen-bond acceptors (Lipinski definition) is 6.